The fraction of sp³-hybridized carbons (Fsp3) is 0.588. The molecule has 1 aromatic rings. The predicted molar refractivity (Wildman–Crippen MR) is 99.6 cm³/mol. The normalized spacial score (nSPS) is 18.8. The average molecular weight is 382 g/mol. The summed E-state index contributed by atoms with van der Waals surface area (Å²) in [6, 6.07) is 1.75. The maximum atomic E-state index is 12.5. The van der Waals surface area contributed by atoms with E-state index in [1.165, 1.54) is 10.5 Å². The molecule has 136 valence electrons. The summed E-state index contributed by atoms with van der Waals surface area (Å²) in [7, 11) is 0. The van der Waals surface area contributed by atoms with Gasteiger partial charge in [0.1, 0.15) is 5.54 Å². The number of thiophene rings is 1. The molecule has 6 nitrogen and oxygen atoms in total. The molecule has 3 rings (SSSR count). The molecular weight excluding hydrogens is 358 g/mol. The quantitative estimate of drug-likeness (QED) is 0.535. The van der Waals surface area contributed by atoms with Gasteiger partial charge in [-0.3, -0.25) is 14.5 Å². The SMILES string of the molecule is O=C(CCN1C(=O)NC2(CCCC2)C1=O)NCCSCc1ccsc1. The molecule has 1 spiro atoms. The lowest BCUT2D eigenvalue weighted by molar-refractivity contribution is -0.131. The molecule has 2 heterocycles. The number of rotatable bonds is 8. The lowest BCUT2D eigenvalue weighted by atomic mass is 9.98. The van der Waals surface area contributed by atoms with E-state index in [1.54, 1.807) is 23.1 Å². The predicted octanol–water partition coefficient (Wildman–Crippen LogP) is 2.35. The number of carbonyl (C=O) groups excluding carboxylic acids is 3. The van der Waals surface area contributed by atoms with Gasteiger partial charge in [0.05, 0.1) is 0 Å². The van der Waals surface area contributed by atoms with Crippen LogP contribution in [0.2, 0.25) is 0 Å². The van der Waals surface area contributed by atoms with Crippen molar-refractivity contribution in [3.8, 4) is 0 Å². The van der Waals surface area contributed by atoms with Crippen LogP contribution in [0.5, 0.6) is 0 Å². The van der Waals surface area contributed by atoms with Crippen LogP contribution >= 0.6 is 23.1 Å². The Kier molecular flexibility index (Phi) is 6.01. The van der Waals surface area contributed by atoms with Crippen molar-refractivity contribution in [1.82, 2.24) is 15.5 Å². The largest absolute Gasteiger partial charge is 0.355 e. The highest BCUT2D eigenvalue weighted by Gasteiger charge is 2.52. The molecule has 1 aromatic heterocycles. The van der Waals surface area contributed by atoms with Crippen LogP contribution in [-0.4, -0.2) is 47.1 Å². The number of imide groups is 1. The number of amides is 4. The standard InChI is InChI=1S/C17H23N3O3S2/c21-14(18-7-10-25-12-13-4-9-24-11-13)3-8-20-15(22)17(19-16(20)23)5-1-2-6-17/h4,9,11H,1-3,5-8,10,12H2,(H,18,21)(H,19,23). The zero-order chi connectivity index (χ0) is 17.7. The molecule has 1 aliphatic heterocycles. The summed E-state index contributed by atoms with van der Waals surface area (Å²) in [5.41, 5.74) is 0.618. The number of nitrogens with one attached hydrogen (secondary N) is 2. The minimum absolute atomic E-state index is 0.121. The van der Waals surface area contributed by atoms with Gasteiger partial charge in [-0.25, -0.2) is 4.79 Å². The molecule has 2 N–H and O–H groups in total. The first-order chi connectivity index (χ1) is 12.1. The van der Waals surface area contributed by atoms with E-state index in [9.17, 15) is 14.4 Å². The Morgan fingerprint density at radius 1 is 1.36 bits per heavy atom. The highest BCUT2D eigenvalue weighted by atomic mass is 32.2. The van der Waals surface area contributed by atoms with Crippen LogP contribution < -0.4 is 10.6 Å². The van der Waals surface area contributed by atoms with Gasteiger partial charge in [0.25, 0.3) is 5.91 Å². The minimum Gasteiger partial charge on any atom is -0.355 e. The Hall–Kier alpha value is -1.54. The molecule has 2 fully saturated rings. The van der Waals surface area contributed by atoms with E-state index in [4.69, 9.17) is 0 Å². The molecule has 0 bridgehead atoms. The molecule has 1 aliphatic carbocycles. The van der Waals surface area contributed by atoms with Gasteiger partial charge in [0.2, 0.25) is 5.91 Å². The Morgan fingerprint density at radius 2 is 2.16 bits per heavy atom. The molecule has 0 unspecified atom stereocenters. The number of thioether (sulfide) groups is 1. The Labute approximate surface area is 155 Å². The van der Waals surface area contributed by atoms with Crippen molar-refractivity contribution >= 4 is 40.9 Å². The van der Waals surface area contributed by atoms with Gasteiger partial charge in [-0.1, -0.05) is 12.8 Å². The van der Waals surface area contributed by atoms with Crippen LogP contribution in [0, 0.1) is 0 Å². The molecule has 25 heavy (non-hydrogen) atoms. The molecule has 0 atom stereocenters. The van der Waals surface area contributed by atoms with E-state index in [1.807, 2.05) is 0 Å². The zero-order valence-electron chi connectivity index (χ0n) is 14.1. The van der Waals surface area contributed by atoms with E-state index in [0.29, 0.717) is 19.4 Å². The topological polar surface area (TPSA) is 78.5 Å². The summed E-state index contributed by atoms with van der Waals surface area (Å²) in [5, 5.41) is 9.86. The lowest BCUT2D eigenvalue weighted by Gasteiger charge is -2.19. The van der Waals surface area contributed by atoms with Crippen LogP contribution in [0.1, 0.15) is 37.7 Å². The monoisotopic (exact) mass is 381 g/mol. The molecular formula is C17H23N3O3S2. The van der Waals surface area contributed by atoms with Crippen molar-refractivity contribution < 1.29 is 14.4 Å². The van der Waals surface area contributed by atoms with E-state index >= 15 is 0 Å². The van der Waals surface area contributed by atoms with Crippen molar-refractivity contribution in [1.29, 1.82) is 0 Å². The third kappa shape index (κ3) is 4.36. The maximum Gasteiger partial charge on any atom is 0.325 e. The summed E-state index contributed by atoms with van der Waals surface area (Å²) in [4.78, 5) is 37.6. The fourth-order valence-electron chi connectivity index (χ4n) is 3.33. The zero-order valence-corrected chi connectivity index (χ0v) is 15.7. The molecule has 0 radical (unpaired) electrons. The highest BCUT2D eigenvalue weighted by molar-refractivity contribution is 7.98. The third-order valence-electron chi connectivity index (χ3n) is 4.68. The third-order valence-corrected chi connectivity index (χ3v) is 6.45. The van der Waals surface area contributed by atoms with E-state index < -0.39 is 5.54 Å². The smallest absolute Gasteiger partial charge is 0.325 e. The minimum atomic E-state index is -0.689. The van der Waals surface area contributed by atoms with E-state index in [2.05, 4.69) is 27.5 Å². The summed E-state index contributed by atoms with van der Waals surface area (Å²) < 4.78 is 0. The van der Waals surface area contributed by atoms with Crippen molar-refractivity contribution in [3.05, 3.63) is 22.4 Å². The van der Waals surface area contributed by atoms with Gasteiger partial charge < -0.3 is 10.6 Å². The van der Waals surface area contributed by atoms with Crippen LogP contribution in [-0.2, 0) is 15.3 Å². The molecule has 4 amide bonds. The van der Waals surface area contributed by atoms with Crippen molar-refractivity contribution in [2.45, 2.75) is 43.4 Å². The van der Waals surface area contributed by atoms with Gasteiger partial charge in [0.15, 0.2) is 0 Å². The molecule has 2 aliphatic rings. The number of nitrogens with zero attached hydrogens (tertiary/aromatic N) is 1. The Bertz CT molecular complexity index is 627. The summed E-state index contributed by atoms with van der Waals surface area (Å²) in [5.74, 6) is 1.51. The number of carbonyl (C=O) groups is 3. The average Bonchev–Trinajstić information content (AvgIpc) is 3.30. The maximum absolute atomic E-state index is 12.5. The van der Waals surface area contributed by atoms with Gasteiger partial charge >= 0.3 is 6.03 Å². The van der Waals surface area contributed by atoms with Crippen LogP contribution in [0.15, 0.2) is 16.8 Å². The fourth-order valence-corrected chi connectivity index (χ4v) is 4.91. The summed E-state index contributed by atoms with van der Waals surface area (Å²) in [6.45, 7) is 0.748. The van der Waals surface area contributed by atoms with E-state index in [-0.39, 0.29) is 30.8 Å². The van der Waals surface area contributed by atoms with Crippen molar-refractivity contribution in [3.63, 3.8) is 0 Å². The second-order valence-corrected chi connectivity index (χ2v) is 8.35. The van der Waals surface area contributed by atoms with Crippen LogP contribution in [0.4, 0.5) is 4.79 Å². The lowest BCUT2D eigenvalue weighted by Crippen LogP contribution is -2.44. The second-order valence-electron chi connectivity index (χ2n) is 6.46. The first kappa shape index (κ1) is 18.3. The van der Waals surface area contributed by atoms with Gasteiger partial charge in [-0.05, 0) is 35.2 Å². The number of urea groups is 1. The van der Waals surface area contributed by atoms with Crippen molar-refractivity contribution in [2.75, 3.05) is 18.8 Å². The Morgan fingerprint density at radius 3 is 2.88 bits per heavy atom. The first-order valence-corrected chi connectivity index (χ1v) is 10.7. The molecule has 0 aromatic carbocycles. The highest BCUT2D eigenvalue weighted by Crippen LogP contribution is 2.34. The second kappa shape index (κ2) is 8.23. The van der Waals surface area contributed by atoms with Crippen LogP contribution in [0.3, 0.4) is 0 Å². The van der Waals surface area contributed by atoms with Gasteiger partial charge in [-0.15, -0.1) is 0 Å². The molecule has 8 heteroatoms. The Balaban J connectivity index is 1.33. The number of hydrogen-bond donors (Lipinski definition) is 2. The van der Waals surface area contributed by atoms with Gasteiger partial charge in [-0.2, -0.15) is 23.1 Å². The first-order valence-electron chi connectivity index (χ1n) is 8.60. The summed E-state index contributed by atoms with van der Waals surface area (Å²) in [6.07, 6.45) is 3.50. The van der Waals surface area contributed by atoms with Crippen LogP contribution in [0.25, 0.3) is 0 Å². The summed E-state index contributed by atoms with van der Waals surface area (Å²) >= 11 is 3.46. The number of hydrogen-bond acceptors (Lipinski definition) is 5. The molecule has 1 saturated heterocycles. The van der Waals surface area contributed by atoms with Crippen molar-refractivity contribution in [2.24, 2.45) is 0 Å². The van der Waals surface area contributed by atoms with Gasteiger partial charge in [0, 0.05) is 31.0 Å². The molecule has 1 saturated carbocycles. The van der Waals surface area contributed by atoms with E-state index in [0.717, 1.165) is 24.3 Å².